The van der Waals surface area contributed by atoms with E-state index in [9.17, 15) is 13.2 Å². The minimum Gasteiger partial charge on any atom is -0.264 e. The summed E-state index contributed by atoms with van der Waals surface area (Å²) in [5.41, 5.74) is 0. The number of hydrogen-bond donors (Lipinski definition) is 0. The highest BCUT2D eigenvalue weighted by Crippen LogP contribution is 2.23. The largest absolute Gasteiger partial charge is 0.293 e. The lowest BCUT2D eigenvalue weighted by Gasteiger charge is -2.01. The van der Waals surface area contributed by atoms with E-state index in [4.69, 9.17) is 0 Å². The highest BCUT2D eigenvalue weighted by Gasteiger charge is 2.15. The van der Waals surface area contributed by atoms with Crippen LogP contribution in [-0.2, 0) is 14.8 Å². The number of aromatic nitrogens is 1. The predicted molar refractivity (Wildman–Crippen MR) is 57.1 cm³/mol. The van der Waals surface area contributed by atoms with E-state index in [0.29, 0.717) is 10.8 Å². The molecule has 1 heterocycles. The van der Waals surface area contributed by atoms with Crippen molar-refractivity contribution >= 4 is 26.9 Å². The number of benzene rings is 1. The van der Waals surface area contributed by atoms with Crippen molar-refractivity contribution in [2.45, 2.75) is 4.90 Å². The van der Waals surface area contributed by atoms with Gasteiger partial charge >= 0.3 is 0 Å². The zero-order valence-corrected chi connectivity index (χ0v) is 8.81. The van der Waals surface area contributed by atoms with Gasteiger partial charge in [0, 0.05) is 23.2 Å². The van der Waals surface area contributed by atoms with E-state index in [2.05, 4.69) is 9.38 Å². The summed E-state index contributed by atoms with van der Waals surface area (Å²) in [6.07, 6.45) is 4.06. The van der Waals surface area contributed by atoms with Gasteiger partial charge in [-0.2, -0.15) is 8.42 Å². The Bertz CT molecular complexity index is 683. The molecule has 0 spiro atoms. The van der Waals surface area contributed by atoms with Gasteiger partial charge in [0.05, 0.1) is 4.90 Å². The van der Waals surface area contributed by atoms with Gasteiger partial charge in [-0.05, 0) is 12.1 Å². The fourth-order valence-corrected chi connectivity index (χ4v) is 2.33. The minimum absolute atomic E-state index is 0.0178. The van der Waals surface area contributed by atoms with E-state index in [1.165, 1.54) is 12.3 Å². The molecule has 0 aliphatic heterocycles. The van der Waals surface area contributed by atoms with Crippen molar-refractivity contribution in [2.75, 3.05) is 0 Å². The molecule has 0 saturated carbocycles. The monoisotopic (exact) mass is 234 g/mol. The van der Waals surface area contributed by atoms with Crippen molar-refractivity contribution in [3.8, 4) is 0 Å². The summed E-state index contributed by atoms with van der Waals surface area (Å²) in [6.45, 7) is 0. The fraction of sp³-hybridized carbons (Fsp3) is 0. The van der Waals surface area contributed by atoms with Crippen molar-refractivity contribution < 1.29 is 13.2 Å². The van der Waals surface area contributed by atoms with Crippen molar-refractivity contribution in [3.05, 3.63) is 36.7 Å². The molecule has 1 aromatic heterocycles. The maximum Gasteiger partial charge on any atom is 0.293 e. The highest BCUT2D eigenvalue weighted by atomic mass is 32.2. The van der Waals surface area contributed by atoms with Crippen LogP contribution in [0.15, 0.2) is 46.0 Å². The van der Waals surface area contributed by atoms with Crippen molar-refractivity contribution in [2.24, 2.45) is 4.40 Å². The van der Waals surface area contributed by atoms with E-state index >= 15 is 0 Å². The molecule has 16 heavy (non-hydrogen) atoms. The second-order valence-electron chi connectivity index (χ2n) is 3.01. The lowest BCUT2D eigenvalue weighted by Crippen LogP contribution is -1.97. The van der Waals surface area contributed by atoms with Crippen molar-refractivity contribution in [1.82, 2.24) is 4.98 Å². The van der Waals surface area contributed by atoms with Crippen LogP contribution in [0.5, 0.6) is 0 Å². The van der Waals surface area contributed by atoms with Crippen molar-refractivity contribution in [3.63, 3.8) is 0 Å². The van der Waals surface area contributed by atoms with Crippen LogP contribution in [0.25, 0.3) is 10.8 Å². The van der Waals surface area contributed by atoms with Crippen LogP contribution >= 0.6 is 0 Å². The molecule has 0 fully saturated rings. The molecule has 0 aliphatic rings. The van der Waals surface area contributed by atoms with Crippen LogP contribution < -0.4 is 0 Å². The first-order valence-electron chi connectivity index (χ1n) is 4.32. The van der Waals surface area contributed by atoms with Crippen LogP contribution in [0, 0.1) is 0 Å². The Morgan fingerprint density at radius 2 is 2.06 bits per heavy atom. The Labute approximate surface area is 91.5 Å². The third-order valence-corrected chi connectivity index (χ3v) is 3.30. The number of isocyanates is 1. The zero-order chi connectivity index (χ0) is 11.6. The third kappa shape index (κ3) is 1.71. The molecule has 0 saturated heterocycles. The van der Waals surface area contributed by atoms with Crippen LogP contribution in [0.1, 0.15) is 0 Å². The molecule has 80 valence electrons. The first-order valence-corrected chi connectivity index (χ1v) is 5.76. The molecule has 0 amide bonds. The molecule has 0 bridgehead atoms. The maximum atomic E-state index is 11.6. The SMILES string of the molecule is O=C=NS(=O)(=O)c1cccc2cnccc12. The maximum absolute atomic E-state index is 11.6. The first kappa shape index (κ1) is 10.5. The number of hydrogen-bond acceptors (Lipinski definition) is 4. The molecule has 5 nitrogen and oxygen atoms in total. The average Bonchev–Trinajstić information content (AvgIpc) is 2.28. The van der Waals surface area contributed by atoms with Gasteiger partial charge in [0.1, 0.15) is 0 Å². The lowest BCUT2D eigenvalue weighted by atomic mass is 10.2. The van der Waals surface area contributed by atoms with Crippen LogP contribution in [-0.4, -0.2) is 19.5 Å². The quantitative estimate of drug-likeness (QED) is 0.579. The fourth-order valence-electron chi connectivity index (χ4n) is 1.42. The Kier molecular flexibility index (Phi) is 2.52. The van der Waals surface area contributed by atoms with E-state index in [-0.39, 0.29) is 4.90 Å². The van der Waals surface area contributed by atoms with E-state index in [0.717, 1.165) is 6.08 Å². The van der Waals surface area contributed by atoms with Gasteiger partial charge in [-0.1, -0.05) is 16.5 Å². The van der Waals surface area contributed by atoms with Gasteiger partial charge in [-0.3, -0.25) is 4.98 Å². The summed E-state index contributed by atoms with van der Waals surface area (Å²) >= 11 is 0. The summed E-state index contributed by atoms with van der Waals surface area (Å²) in [6, 6.07) is 6.24. The summed E-state index contributed by atoms with van der Waals surface area (Å²) in [5, 5.41) is 1.15. The number of pyridine rings is 1. The molecule has 6 heteroatoms. The molecule has 0 atom stereocenters. The summed E-state index contributed by atoms with van der Waals surface area (Å²) in [4.78, 5) is 13.9. The summed E-state index contributed by atoms with van der Waals surface area (Å²) < 4.78 is 26.0. The Morgan fingerprint density at radius 3 is 2.81 bits per heavy atom. The highest BCUT2D eigenvalue weighted by molar-refractivity contribution is 7.90. The zero-order valence-electron chi connectivity index (χ0n) is 7.99. The molecule has 2 aromatic rings. The molecule has 0 N–H and O–H groups in total. The second kappa shape index (κ2) is 3.84. The average molecular weight is 234 g/mol. The van der Waals surface area contributed by atoms with Crippen LogP contribution in [0.4, 0.5) is 0 Å². The Morgan fingerprint density at radius 1 is 1.25 bits per heavy atom. The van der Waals surface area contributed by atoms with Crippen molar-refractivity contribution in [1.29, 1.82) is 0 Å². The minimum atomic E-state index is -3.96. The molecule has 2 rings (SSSR count). The Balaban J connectivity index is 2.85. The standard InChI is InChI=1S/C10H6N2O3S/c13-7-12-16(14,15)10-3-1-2-8-6-11-5-4-9(8)10/h1-6H. The number of rotatable bonds is 2. The van der Waals surface area contributed by atoms with Gasteiger partial charge in [-0.25, -0.2) is 4.79 Å². The Hall–Kier alpha value is -2.04. The van der Waals surface area contributed by atoms with Crippen LogP contribution in [0.3, 0.4) is 0 Å². The number of sulfonamides is 1. The lowest BCUT2D eigenvalue weighted by molar-refractivity contribution is 0.563. The van der Waals surface area contributed by atoms with E-state index in [1.54, 1.807) is 24.4 Å². The number of fused-ring (bicyclic) bond motifs is 1. The molecule has 1 aromatic carbocycles. The second-order valence-corrected chi connectivity index (χ2v) is 4.58. The molecule has 0 unspecified atom stereocenters. The van der Waals surface area contributed by atoms with E-state index < -0.39 is 10.0 Å². The number of nitrogens with zero attached hydrogens (tertiary/aromatic N) is 2. The third-order valence-electron chi connectivity index (χ3n) is 2.08. The van der Waals surface area contributed by atoms with Gasteiger partial charge in [0.2, 0.25) is 0 Å². The van der Waals surface area contributed by atoms with Crippen LogP contribution in [0.2, 0.25) is 0 Å². The molecular weight excluding hydrogens is 228 g/mol. The van der Waals surface area contributed by atoms with Gasteiger partial charge in [-0.15, -0.1) is 0 Å². The van der Waals surface area contributed by atoms with E-state index in [1.807, 2.05) is 0 Å². The van der Waals surface area contributed by atoms with Gasteiger partial charge < -0.3 is 0 Å². The van der Waals surface area contributed by atoms with Gasteiger partial charge in [0.25, 0.3) is 16.1 Å². The normalized spacial score (nSPS) is 11.0. The topological polar surface area (TPSA) is 76.5 Å². The summed E-state index contributed by atoms with van der Waals surface area (Å²) in [5.74, 6) is 0. The summed E-state index contributed by atoms with van der Waals surface area (Å²) in [7, 11) is -3.96. The van der Waals surface area contributed by atoms with Gasteiger partial charge in [0.15, 0.2) is 0 Å². The molecular formula is C10H6N2O3S. The predicted octanol–water partition coefficient (Wildman–Crippen LogP) is 1.26. The smallest absolute Gasteiger partial charge is 0.264 e. The number of carbonyl (C=O) groups excluding carboxylic acids is 1. The molecule has 0 radical (unpaired) electrons. The molecule has 0 aliphatic carbocycles. The first-order chi connectivity index (χ1) is 7.65.